The van der Waals surface area contributed by atoms with Gasteiger partial charge < -0.3 is 5.11 Å². The van der Waals surface area contributed by atoms with E-state index in [1.54, 1.807) is 0 Å². The minimum atomic E-state index is -0.314. The zero-order valence-corrected chi connectivity index (χ0v) is 12.9. The summed E-state index contributed by atoms with van der Waals surface area (Å²) < 4.78 is 1.29. The molecule has 21 heavy (non-hydrogen) atoms. The predicted octanol–water partition coefficient (Wildman–Crippen LogP) is 3.15. The van der Waals surface area contributed by atoms with Gasteiger partial charge >= 0.3 is 0 Å². The van der Waals surface area contributed by atoms with Crippen LogP contribution in [0.3, 0.4) is 0 Å². The number of rotatable bonds is 3. The van der Waals surface area contributed by atoms with Gasteiger partial charge in [0, 0.05) is 6.42 Å². The molecule has 0 unspecified atom stereocenters. The second kappa shape index (κ2) is 6.56. The first-order valence-electron chi connectivity index (χ1n) is 7.81. The van der Waals surface area contributed by atoms with Crippen molar-refractivity contribution in [2.24, 2.45) is 5.92 Å². The maximum absolute atomic E-state index is 11.7. The summed E-state index contributed by atoms with van der Waals surface area (Å²) in [5.41, 5.74) is -0.314. The number of nitrogens with zero attached hydrogens (tertiary/aromatic N) is 3. The fraction of sp³-hybridized carbons (Fsp3) is 0.667. The molecule has 2 aromatic heterocycles. The summed E-state index contributed by atoms with van der Waals surface area (Å²) >= 11 is 1.40. The molecule has 0 spiro atoms. The molecule has 6 heteroatoms. The number of hydrogen-bond donors (Lipinski definition) is 1. The first-order chi connectivity index (χ1) is 10.2. The molecule has 1 aliphatic carbocycles. The minimum Gasteiger partial charge on any atom is -0.493 e. The number of fused-ring (bicyclic) bond motifs is 1. The predicted molar refractivity (Wildman–Crippen MR) is 82.9 cm³/mol. The first-order valence-corrected chi connectivity index (χ1v) is 8.63. The quantitative estimate of drug-likeness (QED) is 0.946. The Morgan fingerprint density at radius 1 is 1.24 bits per heavy atom. The third-order valence-corrected chi connectivity index (χ3v) is 5.23. The van der Waals surface area contributed by atoms with Gasteiger partial charge in [-0.2, -0.15) is 14.6 Å². The minimum absolute atomic E-state index is 0.227. The zero-order valence-electron chi connectivity index (χ0n) is 12.1. The molecule has 5 nitrogen and oxygen atoms in total. The van der Waals surface area contributed by atoms with Crippen LogP contribution in [-0.2, 0) is 6.42 Å². The van der Waals surface area contributed by atoms with E-state index in [4.69, 9.17) is 0 Å². The van der Waals surface area contributed by atoms with Crippen LogP contribution in [0.5, 0.6) is 5.88 Å². The van der Waals surface area contributed by atoms with Gasteiger partial charge in [-0.3, -0.25) is 4.79 Å². The van der Waals surface area contributed by atoms with Crippen molar-refractivity contribution in [1.82, 2.24) is 14.6 Å². The molecule has 1 fully saturated rings. The summed E-state index contributed by atoms with van der Waals surface area (Å²) in [7, 11) is 0. The second-order valence-corrected chi connectivity index (χ2v) is 6.93. The van der Waals surface area contributed by atoms with Crippen LogP contribution < -0.4 is 5.56 Å². The van der Waals surface area contributed by atoms with Gasteiger partial charge in [0.1, 0.15) is 5.01 Å². The highest BCUT2D eigenvalue weighted by Gasteiger charge is 2.14. The van der Waals surface area contributed by atoms with Crippen LogP contribution in [0.1, 0.15) is 56.4 Å². The lowest BCUT2D eigenvalue weighted by Crippen LogP contribution is -2.13. The molecule has 0 bridgehead atoms. The van der Waals surface area contributed by atoms with Gasteiger partial charge in [-0.05, 0) is 12.3 Å². The van der Waals surface area contributed by atoms with E-state index in [9.17, 15) is 9.90 Å². The van der Waals surface area contributed by atoms with Crippen LogP contribution in [0, 0.1) is 5.92 Å². The Balaban J connectivity index is 1.67. The van der Waals surface area contributed by atoms with Crippen molar-refractivity contribution in [1.29, 1.82) is 0 Å². The second-order valence-electron chi connectivity index (χ2n) is 5.89. The fourth-order valence-corrected chi connectivity index (χ4v) is 4.01. The fourth-order valence-electron chi connectivity index (χ4n) is 3.10. The Bertz CT molecular complexity index is 656. The number of hydrogen-bond acceptors (Lipinski definition) is 5. The molecule has 0 saturated heterocycles. The molecule has 1 N–H and O–H groups in total. The average molecular weight is 307 g/mol. The highest BCUT2D eigenvalue weighted by molar-refractivity contribution is 7.16. The number of aromatic nitrogens is 3. The summed E-state index contributed by atoms with van der Waals surface area (Å²) in [6.07, 6.45) is 11.5. The zero-order chi connectivity index (χ0) is 14.7. The van der Waals surface area contributed by atoms with Gasteiger partial charge in [-0.25, -0.2) is 0 Å². The van der Waals surface area contributed by atoms with Crippen molar-refractivity contribution in [3.63, 3.8) is 0 Å². The summed E-state index contributed by atoms with van der Waals surface area (Å²) in [5.74, 6) is 0.561. The van der Waals surface area contributed by atoms with Gasteiger partial charge in [-0.1, -0.05) is 56.3 Å². The number of aromatic hydroxyl groups is 1. The summed E-state index contributed by atoms with van der Waals surface area (Å²) in [4.78, 5) is 16.1. The van der Waals surface area contributed by atoms with Crippen molar-refractivity contribution in [2.45, 2.75) is 57.8 Å². The Hall–Kier alpha value is -1.43. The molecule has 1 aliphatic rings. The van der Waals surface area contributed by atoms with Crippen molar-refractivity contribution >= 4 is 16.3 Å². The topological polar surface area (TPSA) is 67.5 Å². The van der Waals surface area contributed by atoms with Crippen LogP contribution in [0.25, 0.3) is 4.96 Å². The van der Waals surface area contributed by atoms with Crippen LogP contribution in [0.15, 0.2) is 10.9 Å². The molecule has 3 rings (SSSR count). The SMILES string of the molecule is O=c1cc(O)nc2sc(CCC3CCCCCCC3)nn12. The molecule has 1 saturated carbocycles. The molecule has 0 aliphatic heterocycles. The third-order valence-electron chi connectivity index (χ3n) is 4.26. The van der Waals surface area contributed by atoms with E-state index in [1.165, 1.54) is 60.8 Å². The Labute approximate surface area is 127 Å². The van der Waals surface area contributed by atoms with Crippen molar-refractivity contribution in [3.05, 3.63) is 21.4 Å². The molecule has 0 radical (unpaired) electrons. The van der Waals surface area contributed by atoms with Crippen LogP contribution in [0.2, 0.25) is 0 Å². The standard InChI is InChI=1S/C15H21N3O2S/c19-12-10-14(20)18-15(16-12)21-13(17-18)9-8-11-6-4-2-1-3-5-7-11/h10-11,19H,1-9H2. The lowest BCUT2D eigenvalue weighted by atomic mass is 9.88. The Morgan fingerprint density at radius 3 is 2.71 bits per heavy atom. The van der Waals surface area contributed by atoms with Gasteiger partial charge in [0.25, 0.3) is 5.56 Å². The molecular weight excluding hydrogens is 286 g/mol. The molecule has 2 heterocycles. The Kier molecular flexibility index (Phi) is 4.53. The van der Waals surface area contributed by atoms with Crippen LogP contribution >= 0.6 is 11.3 Å². The molecule has 0 aromatic carbocycles. The average Bonchev–Trinajstić information content (AvgIpc) is 2.80. The smallest absolute Gasteiger partial charge is 0.278 e. The molecule has 0 amide bonds. The van der Waals surface area contributed by atoms with E-state index in [2.05, 4.69) is 10.1 Å². The van der Waals surface area contributed by atoms with E-state index in [0.717, 1.165) is 29.8 Å². The van der Waals surface area contributed by atoms with Crippen molar-refractivity contribution < 1.29 is 5.11 Å². The van der Waals surface area contributed by atoms with E-state index in [0.29, 0.717) is 4.96 Å². The molecule has 114 valence electrons. The van der Waals surface area contributed by atoms with E-state index in [1.807, 2.05) is 0 Å². The van der Waals surface area contributed by atoms with Crippen LogP contribution in [0.4, 0.5) is 0 Å². The monoisotopic (exact) mass is 307 g/mol. The normalized spacial score (nSPS) is 17.7. The third kappa shape index (κ3) is 3.61. The van der Waals surface area contributed by atoms with Gasteiger partial charge in [-0.15, -0.1) is 0 Å². The van der Waals surface area contributed by atoms with Gasteiger partial charge in [0.15, 0.2) is 0 Å². The first kappa shape index (κ1) is 14.5. The molecular formula is C15H21N3O2S. The number of aryl methyl sites for hydroxylation is 1. The summed E-state index contributed by atoms with van der Waals surface area (Å²) in [6.45, 7) is 0. The van der Waals surface area contributed by atoms with Crippen LogP contribution in [-0.4, -0.2) is 19.7 Å². The molecule has 2 aromatic rings. The van der Waals surface area contributed by atoms with Gasteiger partial charge in [0.2, 0.25) is 10.8 Å². The maximum Gasteiger partial charge on any atom is 0.278 e. The van der Waals surface area contributed by atoms with Crippen molar-refractivity contribution in [3.8, 4) is 5.88 Å². The maximum atomic E-state index is 11.7. The highest BCUT2D eigenvalue weighted by atomic mass is 32.1. The van der Waals surface area contributed by atoms with E-state index < -0.39 is 0 Å². The Morgan fingerprint density at radius 2 is 1.95 bits per heavy atom. The van der Waals surface area contributed by atoms with E-state index >= 15 is 0 Å². The summed E-state index contributed by atoms with van der Waals surface area (Å²) in [6, 6.07) is 1.10. The lowest BCUT2D eigenvalue weighted by Gasteiger charge is -2.18. The van der Waals surface area contributed by atoms with E-state index in [-0.39, 0.29) is 11.4 Å². The summed E-state index contributed by atoms with van der Waals surface area (Å²) in [5, 5.41) is 14.6. The van der Waals surface area contributed by atoms with Gasteiger partial charge in [0.05, 0.1) is 6.07 Å². The molecule has 0 atom stereocenters. The highest BCUT2D eigenvalue weighted by Crippen LogP contribution is 2.26. The largest absolute Gasteiger partial charge is 0.493 e. The van der Waals surface area contributed by atoms with Crippen molar-refractivity contribution in [2.75, 3.05) is 0 Å². The lowest BCUT2D eigenvalue weighted by molar-refractivity contribution is 0.358.